The first-order chi connectivity index (χ1) is 16.7. The van der Waals surface area contributed by atoms with Crippen LogP contribution in [-0.4, -0.2) is 48.7 Å². The molecule has 0 aliphatic heterocycles. The molecule has 0 aliphatic rings. The number of nitrogens with one attached hydrogen (secondary N) is 1. The predicted octanol–water partition coefficient (Wildman–Crippen LogP) is 4.89. The molecule has 0 aromatic heterocycles. The first-order valence-corrected chi connectivity index (χ1v) is 13.4. The van der Waals surface area contributed by atoms with Gasteiger partial charge < -0.3 is 19.5 Å². The lowest BCUT2D eigenvalue weighted by molar-refractivity contribution is -0.119. The van der Waals surface area contributed by atoms with Gasteiger partial charge in [-0.2, -0.15) is 0 Å². The highest BCUT2D eigenvalue weighted by Crippen LogP contribution is 2.37. The van der Waals surface area contributed by atoms with Crippen molar-refractivity contribution < 1.29 is 27.4 Å². The number of carbonyl (C=O) groups excluding carboxylic acids is 1. The average Bonchev–Trinajstić information content (AvgIpc) is 2.86. The zero-order valence-electron chi connectivity index (χ0n) is 21.0. The minimum absolute atomic E-state index is 0.0700. The molecule has 35 heavy (non-hydrogen) atoms. The van der Waals surface area contributed by atoms with E-state index in [1.165, 1.54) is 45.6 Å². The molecular weight excluding hydrogens is 492 g/mol. The lowest BCUT2D eigenvalue weighted by Crippen LogP contribution is -2.42. The van der Waals surface area contributed by atoms with Gasteiger partial charge in [-0.1, -0.05) is 44.7 Å². The highest BCUT2D eigenvalue weighted by molar-refractivity contribution is 7.92. The van der Waals surface area contributed by atoms with Crippen LogP contribution in [0.2, 0.25) is 5.02 Å². The highest BCUT2D eigenvalue weighted by atomic mass is 35.5. The maximum absolute atomic E-state index is 13.8. The summed E-state index contributed by atoms with van der Waals surface area (Å²) in [5.74, 6) is 0.800. The minimum atomic E-state index is -4.22. The van der Waals surface area contributed by atoms with E-state index in [1.807, 2.05) is 0 Å². The number of benzene rings is 2. The van der Waals surface area contributed by atoms with Gasteiger partial charge in [0.1, 0.15) is 12.3 Å². The Labute approximate surface area is 213 Å². The Morgan fingerprint density at radius 2 is 1.66 bits per heavy atom. The molecule has 1 atom stereocenters. The second-order valence-corrected chi connectivity index (χ2v) is 10.4. The fourth-order valence-electron chi connectivity index (χ4n) is 3.65. The molecule has 0 radical (unpaired) electrons. The van der Waals surface area contributed by atoms with E-state index >= 15 is 0 Å². The SMILES string of the molecule is CCCC[C@H](CC)CNC(=O)CN(c1cc(Cl)ccc1OC)S(=O)(=O)c1ccc(OC)c(OC)c1. The molecule has 0 fully saturated rings. The summed E-state index contributed by atoms with van der Waals surface area (Å²) in [6, 6.07) is 8.86. The Morgan fingerprint density at radius 1 is 1.00 bits per heavy atom. The van der Waals surface area contributed by atoms with Crippen molar-refractivity contribution in [3.8, 4) is 17.2 Å². The molecular formula is C25H35ClN2O6S. The summed E-state index contributed by atoms with van der Waals surface area (Å²) in [4.78, 5) is 12.9. The molecule has 0 unspecified atom stereocenters. The summed E-state index contributed by atoms with van der Waals surface area (Å²) in [6.45, 7) is 4.24. The molecule has 0 saturated carbocycles. The van der Waals surface area contributed by atoms with Crippen LogP contribution in [0.25, 0.3) is 0 Å². The number of ether oxygens (including phenoxy) is 3. The quantitative estimate of drug-likeness (QED) is 0.376. The number of carbonyl (C=O) groups is 1. The van der Waals surface area contributed by atoms with Crippen molar-refractivity contribution in [3.63, 3.8) is 0 Å². The van der Waals surface area contributed by atoms with Crippen LogP contribution in [-0.2, 0) is 14.8 Å². The number of rotatable bonds is 14. The van der Waals surface area contributed by atoms with E-state index in [9.17, 15) is 13.2 Å². The second-order valence-electron chi connectivity index (χ2n) is 8.07. The van der Waals surface area contributed by atoms with Gasteiger partial charge in [-0.15, -0.1) is 0 Å². The molecule has 0 heterocycles. The monoisotopic (exact) mass is 526 g/mol. The fourth-order valence-corrected chi connectivity index (χ4v) is 5.26. The van der Waals surface area contributed by atoms with Gasteiger partial charge in [0.25, 0.3) is 10.0 Å². The van der Waals surface area contributed by atoms with Gasteiger partial charge in [0.05, 0.1) is 31.9 Å². The van der Waals surface area contributed by atoms with E-state index in [2.05, 4.69) is 19.2 Å². The third-order valence-electron chi connectivity index (χ3n) is 5.77. The third-order valence-corrected chi connectivity index (χ3v) is 7.76. The zero-order chi connectivity index (χ0) is 26.0. The van der Waals surface area contributed by atoms with Gasteiger partial charge in [0.15, 0.2) is 11.5 Å². The molecule has 1 N–H and O–H groups in total. The van der Waals surface area contributed by atoms with Crippen LogP contribution < -0.4 is 23.8 Å². The summed E-state index contributed by atoms with van der Waals surface area (Å²) in [6.07, 6.45) is 4.09. The van der Waals surface area contributed by atoms with Gasteiger partial charge in [-0.25, -0.2) is 8.42 Å². The van der Waals surface area contributed by atoms with Gasteiger partial charge in [0.2, 0.25) is 5.91 Å². The zero-order valence-corrected chi connectivity index (χ0v) is 22.5. The fraction of sp³-hybridized carbons (Fsp3) is 0.480. The summed E-state index contributed by atoms with van der Waals surface area (Å²) in [7, 11) is 0.0888. The number of halogens is 1. The Hall–Kier alpha value is -2.65. The Bertz CT molecular complexity index is 1090. The van der Waals surface area contributed by atoms with Gasteiger partial charge in [0, 0.05) is 17.6 Å². The summed E-state index contributed by atoms with van der Waals surface area (Å²) in [5.41, 5.74) is 0.156. The van der Waals surface area contributed by atoms with Crippen molar-refractivity contribution in [1.82, 2.24) is 5.32 Å². The van der Waals surface area contributed by atoms with Crippen LogP contribution in [0.5, 0.6) is 17.2 Å². The van der Waals surface area contributed by atoms with Crippen LogP contribution in [0.3, 0.4) is 0 Å². The number of anilines is 1. The van der Waals surface area contributed by atoms with E-state index < -0.39 is 22.5 Å². The molecule has 0 saturated heterocycles. The van der Waals surface area contributed by atoms with Gasteiger partial charge in [-0.3, -0.25) is 9.10 Å². The molecule has 10 heteroatoms. The lowest BCUT2D eigenvalue weighted by Gasteiger charge is -2.26. The molecule has 0 bridgehead atoms. The summed E-state index contributed by atoms with van der Waals surface area (Å²) < 4.78 is 44.5. The average molecular weight is 527 g/mol. The number of methoxy groups -OCH3 is 3. The maximum Gasteiger partial charge on any atom is 0.265 e. The van der Waals surface area contributed by atoms with Crippen LogP contribution >= 0.6 is 11.6 Å². The van der Waals surface area contributed by atoms with Crippen molar-refractivity contribution in [3.05, 3.63) is 41.4 Å². The van der Waals surface area contributed by atoms with Crippen molar-refractivity contribution in [2.75, 3.05) is 38.7 Å². The first-order valence-electron chi connectivity index (χ1n) is 11.6. The number of nitrogens with zero attached hydrogens (tertiary/aromatic N) is 1. The number of sulfonamides is 1. The van der Waals surface area contributed by atoms with E-state index in [0.717, 1.165) is 30.0 Å². The van der Waals surface area contributed by atoms with Crippen molar-refractivity contribution in [2.24, 2.45) is 5.92 Å². The van der Waals surface area contributed by atoms with Crippen LogP contribution in [0, 0.1) is 5.92 Å². The second kappa shape index (κ2) is 13.4. The van der Waals surface area contributed by atoms with E-state index in [4.69, 9.17) is 25.8 Å². The van der Waals surface area contributed by atoms with Crippen LogP contribution in [0.4, 0.5) is 5.69 Å². The van der Waals surface area contributed by atoms with Crippen LogP contribution in [0.15, 0.2) is 41.3 Å². The molecule has 2 aromatic rings. The van der Waals surface area contributed by atoms with Crippen molar-refractivity contribution >= 4 is 33.2 Å². The minimum Gasteiger partial charge on any atom is -0.495 e. The molecule has 2 aromatic carbocycles. The van der Waals surface area contributed by atoms with Crippen molar-refractivity contribution in [2.45, 2.75) is 44.4 Å². The smallest absolute Gasteiger partial charge is 0.265 e. The predicted molar refractivity (Wildman–Crippen MR) is 138 cm³/mol. The standard InChI is InChI=1S/C25H35ClN2O6S/c1-6-8-9-18(7-2)16-27-25(29)17-28(21-14-19(26)10-12-22(21)32-3)35(30,31)20-11-13-23(33-4)24(15-20)34-5/h10-15,18H,6-9,16-17H2,1-5H3,(H,27,29)/t18-/m0/s1. The Morgan fingerprint density at radius 3 is 2.26 bits per heavy atom. The number of hydrogen-bond acceptors (Lipinski definition) is 6. The summed E-state index contributed by atoms with van der Waals surface area (Å²) >= 11 is 6.19. The first kappa shape index (κ1) is 28.6. The molecule has 1 amide bonds. The van der Waals surface area contributed by atoms with E-state index in [-0.39, 0.29) is 22.1 Å². The highest BCUT2D eigenvalue weighted by Gasteiger charge is 2.30. The third kappa shape index (κ3) is 7.41. The maximum atomic E-state index is 13.8. The molecule has 0 spiro atoms. The van der Waals surface area contributed by atoms with Crippen LogP contribution in [0.1, 0.15) is 39.5 Å². The van der Waals surface area contributed by atoms with Crippen molar-refractivity contribution in [1.29, 1.82) is 0 Å². The molecule has 8 nitrogen and oxygen atoms in total. The Balaban J connectivity index is 2.45. The topological polar surface area (TPSA) is 94.2 Å². The van der Waals surface area contributed by atoms with E-state index in [1.54, 1.807) is 12.1 Å². The normalized spacial score (nSPS) is 12.1. The largest absolute Gasteiger partial charge is 0.495 e. The molecule has 2 rings (SSSR count). The summed E-state index contributed by atoms with van der Waals surface area (Å²) in [5, 5.41) is 3.20. The van der Waals surface area contributed by atoms with Gasteiger partial charge in [-0.05, 0) is 42.7 Å². The van der Waals surface area contributed by atoms with E-state index in [0.29, 0.717) is 23.2 Å². The number of unbranched alkanes of at least 4 members (excludes halogenated alkanes) is 1. The lowest BCUT2D eigenvalue weighted by atomic mass is 9.99. The van der Waals surface area contributed by atoms with Gasteiger partial charge >= 0.3 is 0 Å². The molecule has 0 aliphatic carbocycles. The number of hydrogen-bond donors (Lipinski definition) is 1. The number of amides is 1. The Kier molecular flexibility index (Phi) is 11.0. The molecule has 194 valence electrons.